The Kier molecular flexibility index (Phi) is 7.20. The van der Waals surface area contributed by atoms with E-state index in [1.165, 1.54) is 6.07 Å². The first-order valence-corrected chi connectivity index (χ1v) is 13.4. The standard InChI is InChI=1S/C30H35F2N7/c1-18(2)22-13-19(3)35-28-23(22)14-20(15-24(28)31)27-25(32)17-34-29(37-27)36-26-8-7-21(16-33-26)38-9-11-39(12-10-38)30(4,5)6/h7-8,13-18H,9-12H2,1-6H3,(H,33,34,36,37). The van der Waals surface area contributed by atoms with E-state index in [4.69, 9.17) is 0 Å². The maximum atomic E-state index is 15.1. The minimum absolute atomic E-state index is 0.0110. The first-order chi connectivity index (χ1) is 18.5. The molecule has 1 aliphatic heterocycles. The van der Waals surface area contributed by atoms with Gasteiger partial charge in [0.25, 0.3) is 0 Å². The summed E-state index contributed by atoms with van der Waals surface area (Å²) < 4.78 is 30.0. The zero-order chi connectivity index (χ0) is 27.9. The minimum Gasteiger partial charge on any atom is -0.368 e. The van der Waals surface area contributed by atoms with Gasteiger partial charge in [-0.2, -0.15) is 0 Å². The minimum atomic E-state index is -0.636. The van der Waals surface area contributed by atoms with Crippen LogP contribution in [0.25, 0.3) is 22.2 Å². The van der Waals surface area contributed by atoms with Crippen LogP contribution in [0.2, 0.25) is 0 Å². The molecule has 0 saturated carbocycles. The lowest BCUT2D eigenvalue weighted by molar-refractivity contribution is 0.128. The SMILES string of the molecule is Cc1cc(C(C)C)c2cc(-c3nc(Nc4ccc(N5CCN(C(C)(C)C)CC5)cn4)ncc3F)cc(F)c2n1. The van der Waals surface area contributed by atoms with Gasteiger partial charge in [-0.1, -0.05) is 13.8 Å². The predicted octanol–water partition coefficient (Wildman–Crippen LogP) is 6.46. The van der Waals surface area contributed by atoms with Gasteiger partial charge in [-0.25, -0.2) is 23.7 Å². The van der Waals surface area contributed by atoms with E-state index in [1.807, 2.05) is 45.2 Å². The average molecular weight is 532 g/mol. The third kappa shape index (κ3) is 5.68. The molecule has 0 unspecified atom stereocenters. The highest BCUT2D eigenvalue weighted by Crippen LogP contribution is 2.32. The molecule has 0 atom stereocenters. The maximum Gasteiger partial charge on any atom is 0.229 e. The average Bonchev–Trinajstić information content (AvgIpc) is 2.89. The highest BCUT2D eigenvalue weighted by atomic mass is 19.1. The summed E-state index contributed by atoms with van der Waals surface area (Å²) in [5, 5.41) is 3.71. The summed E-state index contributed by atoms with van der Waals surface area (Å²) in [5.41, 5.74) is 3.52. The summed E-state index contributed by atoms with van der Waals surface area (Å²) in [6.07, 6.45) is 2.91. The summed E-state index contributed by atoms with van der Waals surface area (Å²) >= 11 is 0. The Morgan fingerprint density at radius 1 is 0.897 bits per heavy atom. The molecular weight excluding hydrogens is 496 g/mol. The van der Waals surface area contributed by atoms with Gasteiger partial charge in [0.2, 0.25) is 5.95 Å². The van der Waals surface area contributed by atoms with E-state index in [0.29, 0.717) is 16.8 Å². The summed E-state index contributed by atoms with van der Waals surface area (Å²) in [5.74, 6) is -0.287. The molecule has 1 fully saturated rings. The van der Waals surface area contributed by atoms with Crippen molar-refractivity contribution < 1.29 is 8.78 Å². The van der Waals surface area contributed by atoms with E-state index >= 15 is 4.39 Å². The quantitative estimate of drug-likeness (QED) is 0.317. The number of nitrogens with one attached hydrogen (secondary N) is 1. The molecule has 1 aromatic carbocycles. The molecular formula is C30H35F2N7. The second-order valence-electron chi connectivity index (χ2n) is 11.4. The number of benzene rings is 1. The van der Waals surface area contributed by atoms with E-state index < -0.39 is 11.6 Å². The molecule has 39 heavy (non-hydrogen) atoms. The lowest BCUT2D eigenvalue weighted by atomic mass is 9.95. The fourth-order valence-corrected chi connectivity index (χ4v) is 5.09. The normalized spacial score (nSPS) is 14.8. The van der Waals surface area contributed by atoms with Gasteiger partial charge >= 0.3 is 0 Å². The van der Waals surface area contributed by atoms with Gasteiger partial charge in [-0.15, -0.1) is 0 Å². The Balaban J connectivity index is 1.37. The van der Waals surface area contributed by atoms with Crippen molar-refractivity contribution in [2.45, 2.75) is 53.0 Å². The van der Waals surface area contributed by atoms with E-state index in [-0.39, 0.29) is 28.6 Å². The van der Waals surface area contributed by atoms with E-state index in [0.717, 1.165) is 49.3 Å². The lowest BCUT2D eigenvalue weighted by Crippen LogP contribution is -2.53. The van der Waals surface area contributed by atoms with Gasteiger partial charge in [-0.05, 0) is 69.5 Å². The zero-order valence-electron chi connectivity index (χ0n) is 23.4. The molecule has 0 bridgehead atoms. The van der Waals surface area contributed by atoms with E-state index in [9.17, 15) is 4.39 Å². The van der Waals surface area contributed by atoms with Crippen LogP contribution in [0.3, 0.4) is 0 Å². The molecule has 3 aromatic heterocycles. The molecule has 1 N–H and O–H groups in total. The summed E-state index contributed by atoms with van der Waals surface area (Å²) in [6.45, 7) is 16.5. The number of fused-ring (bicyclic) bond motifs is 1. The van der Waals surface area contributed by atoms with Gasteiger partial charge in [0.1, 0.15) is 22.8 Å². The number of aromatic nitrogens is 4. The molecule has 9 heteroatoms. The Morgan fingerprint density at radius 2 is 1.64 bits per heavy atom. The first kappa shape index (κ1) is 26.9. The van der Waals surface area contributed by atoms with Crippen molar-refractivity contribution in [1.82, 2.24) is 24.8 Å². The molecule has 4 heterocycles. The maximum absolute atomic E-state index is 15.1. The molecule has 0 radical (unpaired) electrons. The van der Waals surface area contributed by atoms with Crippen molar-refractivity contribution in [3.05, 3.63) is 65.6 Å². The van der Waals surface area contributed by atoms with Crippen molar-refractivity contribution >= 4 is 28.4 Å². The van der Waals surface area contributed by atoms with Crippen LogP contribution >= 0.6 is 0 Å². The monoisotopic (exact) mass is 531 g/mol. The molecule has 1 saturated heterocycles. The molecule has 204 valence electrons. The molecule has 7 nitrogen and oxygen atoms in total. The Bertz CT molecular complexity index is 1490. The first-order valence-electron chi connectivity index (χ1n) is 13.4. The third-order valence-corrected chi connectivity index (χ3v) is 7.25. The van der Waals surface area contributed by atoms with Crippen LogP contribution in [0.15, 0.2) is 42.7 Å². The molecule has 0 spiro atoms. The van der Waals surface area contributed by atoms with E-state index in [2.05, 4.69) is 55.8 Å². The Labute approximate surface area is 228 Å². The Hall–Kier alpha value is -3.72. The van der Waals surface area contributed by atoms with E-state index in [1.54, 1.807) is 6.07 Å². The number of hydrogen-bond acceptors (Lipinski definition) is 7. The fraction of sp³-hybridized carbons (Fsp3) is 0.400. The largest absolute Gasteiger partial charge is 0.368 e. The smallest absolute Gasteiger partial charge is 0.229 e. The molecule has 1 aliphatic rings. The summed E-state index contributed by atoms with van der Waals surface area (Å²) in [7, 11) is 0. The second-order valence-corrected chi connectivity index (χ2v) is 11.4. The Morgan fingerprint density at radius 3 is 2.28 bits per heavy atom. The number of pyridine rings is 2. The predicted molar refractivity (Wildman–Crippen MR) is 153 cm³/mol. The zero-order valence-corrected chi connectivity index (χ0v) is 23.4. The number of hydrogen-bond donors (Lipinski definition) is 1. The van der Waals surface area contributed by atoms with Crippen LogP contribution in [-0.2, 0) is 0 Å². The summed E-state index contributed by atoms with van der Waals surface area (Å²) in [4.78, 5) is 22.2. The van der Waals surface area contributed by atoms with Crippen LogP contribution in [0, 0.1) is 18.6 Å². The molecule has 4 aromatic rings. The van der Waals surface area contributed by atoms with Gasteiger partial charge in [-0.3, -0.25) is 9.88 Å². The summed E-state index contributed by atoms with van der Waals surface area (Å²) in [6, 6.07) is 8.84. The second kappa shape index (κ2) is 10.4. The van der Waals surface area contributed by atoms with Crippen molar-refractivity contribution in [3.8, 4) is 11.3 Å². The van der Waals surface area contributed by atoms with Gasteiger partial charge in [0, 0.05) is 48.4 Å². The number of anilines is 3. The number of nitrogens with zero attached hydrogens (tertiary/aromatic N) is 6. The third-order valence-electron chi connectivity index (χ3n) is 7.25. The fourth-order valence-electron chi connectivity index (χ4n) is 5.09. The molecule has 0 amide bonds. The highest BCUT2D eigenvalue weighted by Gasteiger charge is 2.26. The number of piperazine rings is 1. The molecule has 0 aliphatic carbocycles. The number of rotatable bonds is 5. The van der Waals surface area contributed by atoms with Gasteiger partial charge in [0.15, 0.2) is 5.82 Å². The number of aryl methyl sites for hydroxylation is 1. The molecule has 5 rings (SSSR count). The highest BCUT2D eigenvalue weighted by molar-refractivity contribution is 5.88. The van der Waals surface area contributed by atoms with Gasteiger partial charge in [0.05, 0.1) is 18.1 Å². The van der Waals surface area contributed by atoms with Crippen molar-refractivity contribution in [2.75, 3.05) is 36.4 Å². The van der Waals surface area contributed by atoms with Gasteiger partial charge < -0.3 is 10.2 Å². The van der Waals surface area contributed by atoms with Crippen LogP contribution in [-0.4, -0.2) is 56.6 Å². The van der Waals surface area contributed by atoms with Crippen LogP contribution in [0.5, 0.6) is 0 Å². The lowest BCUT2D eigenvalue weighted by Gasteiger charge is -2.42. The number of halogens is 2. The van der Waals surface area contributed by atoms with Crippen LogP contribution < -0.4 is 10.2 Å². The topological polar surface area (TPSA) is 70.1 Å². The van der Waals surface area contributed by atoms with Crippen LogP contribution in [0.1, 0.15) is 51.8 Å². The van der Waals surface area contributed by atoms with Crippen molar-refractivity contribution in [2.24, 2.45) is 0 Å². The van der Waals surface area contributed by atoms with Crippen molar-refractivity contribution in [3.63, 3.8) is 0 Å². The van der Waals surface area contributed by atoms with Crippen molar-refractivity contribution in [1.29, 1.82) is 0 Å². The van der Waals surface area contributed by atoms with Crippen LogP contribution in [0.4, 0.5) is 26.2 Å².